The summed E-state index contributed by atoms with van der Waals surface area (Å²) in [4.78, 5) is 22.9. The number of phosphoric acid groups is 1. The van der Waals surface area contributed by atoms with Crippen LogP contribution in [-0.4, -0.2) is 73.4 Å². The van der Waals surface area contributed by atoms with Crippen molar-refractivity contribution in [2.75, 3.05) is 40.9 Å². The zero-order chi connectivity index (χ0) is 35.1. The first kappa shape index (κ1) is 45.7. The second kappa shape index (κ2) is 30.8. The first-order chi connectivity index (χ1) is 22.5. The van der Waals surface area contributed by atoms with Gasteiger partial charge in [0.15, 0.2) is 0 Å². The largest absolute Gasteiger partial charge is 0.472 e. The van der Waals surface area contributed by atoms with Crippen molar-refractivity contribution in [3.8, 4) is 0 Å². The van der Waals surface area contributed by atoms with E-state index in [1.807, 2.05) is 27.2 Å². The number of rotatable bonds is 33. The van der Waals surface area contributed by atoms with Crippen LogP contribution in [0.5, 0.6) is 0 Å². The number of carbonyl (C=O) groups is 1. The van der Waals surface area contributed by atoms with E-state index in [0.29, 0.717) is 17.4 Å². The molecule has 8 nitrogen and oxygen atoms in total. The van der Waals surface area contributed by atoms with Crippen molar-refractivity contribution in [3.63, 3.8) is 0 Å². The van der Waals surface area contributed by atoms with Gasteiger partial charge in [-0.15, -0.1) is 0 Å². The monoisotopic (exact) mass is 686 g/mol. The molecule has 0 radical (unpaired) electrons. The lowest BCUT2D eigenvalue weighted by molar-refractivity contribution is -0.870. The average molecular weight is 686 g/mol. The highest BCUT2D eigenvalue weighted by molar-refractivity contribution is 7.47. The van der Waals surface area contributed by atoms with Gasteiger partial charge in [-0.1, -0.05) is 127 Å². The smallest absolute Gasteiger partial charge is 0.387 e. The number of hydrogen-bond acceptors (Lipinski definition) is 5. The van der Waals surface area contributed by atoms with Gasteiger partial charge in [0.25, 0.3) is 0 Å². The summed E-state index contributed by atoms with van der Waals surface area (Å²) in [5.74, 6) is -0.191. The lowest BCUT2D eigenvalue weighted by Crippen LogP contribution is -2.45. The lowest BCUT2D eigenvalue weighted by atomic mass is 10.1. The molecule has 0 fully saturated rings. The number of allylic oxidation sites excluding steroid dienone is 5. The number of carbonyl (C=O) groups excluding carboxylic acids is 1. The Morgan fingerprint density at radius 3 is 1.79 bits per heavy atom. The average Bonchev–Trinajstić information content (AvgIpc) is 3.01. The molecule has 0 aliphatic rings. The van der Waals surface area contributed by atoms with E-state index in [4.69, 9.17) is 9.05 Å². The van der Waals surface area contributed by atoms with Crippen LogP contribution in [0.1, 0.15) is 149 Å². The zero-order valence-corrected chi connectivity index (χ0v) is 31.9. The fraction of sp³-hybridized carbons (Fsp3) is 0.816. The fourth-order valence-corrected chi connectivity index (χ4v) is 5.75. The second-order valence-corrected chi connectivity index (χ2v) is 15.4. The van der Waals surface area contributed by atoms with Gasteiger partial charge in [-0.25, -0.2) is 4.57 Å². The van der Waals surface area contributed by atoms with E-state index in [0.717, 1.165) is 51.4 Å². The molecule has 0 aromatic heterocycles. The number of nitrogens with zero attached hydrogens (tertiary/aromatic N) is 1. The van der Waals surface area contributed by atoms with E-state index in [1.165, 1.54) is 77.0 Å². The fourth-order valence-electron chi connectivity index (χ4n) is 5.01. The molecular formula is C38H74N2O6P+. The highest BCUT2D eigenvalue weighted by atomic mass is 31.2. The highest BCUT2D eigenvalue weighted by Crippen LogP contribution is 2.43. The quantitative estimate of drug-likeness (QED) is 0.0275. The van der Waals surface area contributed by atoms with Gasteiger partial charge in [-0.05, 0) is 51.4 Å². The topological polar surface area (TPSA) is 105 Å². The summed E-state index contributed by atoms with van der Waals surface area (Å²) in [7, 11) is 1.56. The summed E-state index contributed by atoms with van der Waals surface area (Å²) in [6.07, 6.45) is 35.0. The molecule has 3 N–H and O–H groups in total. The van der Waals surface area contributed by atoms with Crippen molar-refractivity contribution < 1.29 is 32.9 Å². The first-order valence-electron chi connectivity index (χ1n) is 18.9. The van der Waals surface area contributed by atoms with Crippen molar-refractivity contribution in [1.29, 1.82) is 0 Å². The normalized spacial score (nSPS) is 15.1. The molecule has 1 amide bonds. The van der Waals surface area contributed by atoms with Gasteiger partial charge in [-0.2, -0.15) is 0 Å². The molecule has 0 heterocycles. The van der Waals surface area contributed by atoms with E-state index >= 15 is 0 Å². The van der Waals surface area contributed by atoms with Crippen LogP contribution in [0.4, 0.5) is 0 Å². The molecule has 0 saturated carbocycles. The summed E-state index contributed by atoms with van der Waals surface area (Å²) >= 11 is 0. The molecule has 0 saturated heterocycles. The van der Waals surface area contributed by atoms with Crippen LogP contribution >= 0.6 is 7.82 Å². The van der Waals surface area contributed by atoms with Crippen molar-refractivity contribution >= 4 is 13.7 Å². The van der Waals surface area contributed by atoms with Crippen molar-refractivity contribution in [2.24, 2.45) is 0 Å². The van der Waals surface area contributed by atoms with Gasteiger partial charge in [0, 0.05) is 6.42 Å². The molecule has 0 rings (SSSR count). The Balaban J connectivity index is 4.44. The van der Waals surface area contributed by atoms with Crippen LogP contribution in [0.3, 0.4) is 0 Å². The standard InChI is InChI=1S/C38H73N2O6P/c1-6-8-10-12-14-16-17-18-19-20-21-22-23-24-26-28-30-32-38(42)39-36(35-46-47(43,44)45-34-33-40(3,4)5)37(41)31-29-27-25-15-13-11-9-7-2/h14,16,18-19,29,31,36-37,41H,6-13,15,17,20-28,30,32-35H2,1-5H3,(H-,39,42,43,44)/p+1/b16-14-,19-18-,31-29+. The molecule has 9 heteroatoms. The summed E-state index contributed by atoms with van der Waals surface area (Å²) in [5.41, 5.74) is 0. The Morgan fingerprint density at radius 1 is 0.723 bits per heavy atom. The van der Waals surface area contributed by atoms with E-state index in [1.54, 1.807) is 6.08 Å². The zero-order valence-electron chi connectivity index (χ0n) is 31.0. The van der Waals surface area contributed by atoms with E-state index in [-0.39, 0.29) is 19.1 Å². The minimum absolute atomic E-state index is 0.0587. The number of quaternary nitrogens is 1. The number of nitrogens with one attached hydrogen (secondary N) is 1. The molecule has 0 aliphatic heterocycles. The summed E-state index contributed by atoms with van der Waals surface area (Å²) < 4.78 is 23.4. The van der Waals surface area contributed by atoms with Gasteiger partial charge in [0.05, 0.1) is 39.9 Å². The predicted molar refractivity (Wildman–Crippen MR) is 198 cm³/mol. The van der Waals surface area contributed by atoms with Gasteiger partial charge >= 0.3 is 7.82 Å². The third-order valence-electron chi connectivity index (χ3n) is 8.10. The van der Waals surface area contributed by atoms with Crippen LogP contribution in [0.25, 0.3) is 0 Å². The highest BCUT2D eigenvalue weighted by Gasteiger charge is 2.27. The summed E-state index contributed by atoms with van der Waals surface area (Å²) in [6, 6.07) is -0.846. The minimum Gasteiger partial charge on any atom is -0.387 e. The number of hydrogen-bond donors (Lipinski definition) is 3. The molecule has 3 unspecified atom stereocenters. The molecule has 3 atom stereocenters. The van der Waals surface area contributed by atoms with Crippen molar-refractivity contribution in [3.05, 3.63) is 36.5 Å². The number of unbranched alkanes of at least 4 members (excludes halogenated alkanes) is 16. The Labute approximate surface area is 289 Å². The third kappa shape index (κ3) is 33.0. The van der Waals surface area contributed by atoms with Crippen LogP contribution in [0.2, 0.25) is 0 Å². The summed E-state index contributed by atoms with van der Waals surface area (Å²) in [5, 5.41) is 13.7. The Morgan fingerprint density at radius 2 is 1.21 bits per heavy atom. The molecule has 0 aromatic rings. The molecule has 0 bridgehead atoms. The van der Waals surface area contributed by atoms with Crippen LogP contribution < -0.4 is 5.32 Å². The van der Waals surface area contributed by atoms with Gasteiger partial charge in [0.2, 0.25) is 5.91 Å². The third-order valence-corrected chi connectivity index (χ3v) is 9.09. The Kier molecular flexibility index (Phi) is 29.9. The number of likely N-dealkylation sites (N-methyl/N-ethyl adjacent to an activating group) is 1. The minimum atomic E-state index is -4.32. The predicted octanol–water partition coefficient (Wildman–Crippen LogP) is 9.57. The van der Waals surface area contributed by atoms with Crippen molar-refractivity contribution in [2.45, 2.75) is 161 Å². The molecule has 47 heavy (non-hydrogen) atoms. The molecule has 276 valence electrons. The van der Waals surface area contributed by atoms with Gasteiger partial charge in [-0.3, -0.25) is 13.8 Å². The number of aliphatic hydroxyl groups is 1. The summed E-state index contributed by atoms with van der Waals surface area (Å²) in [6.45, 7) is 4.71. The van der Waals surface area contributed by atoms with Crippen molar-refractivity contribution in [1.82, 2.24) is 5.32 Å². The van der Waals surface area contributed by atoms with Crippen LogP contribution in [0, 0.1) is 0 Å². The maximum Gasteiger partial charge on any atom is 0.472 e. The number of phosphoric ester groups is 1. The molecular weight excluding hydrogens is 611 g/mol. The van der Waals surface area contributed by atoms with E-state index in [9.17, 15) is 19.4 Å². The van der Waals surface area contributed by atoms with E-state index in [2.05, 4.69) is 43.5 Å². The Hall–Kier alpha value is -1.28. The Bertz CT molecular complexity index is 871. The maximum atomic E-state index is 12.7. The van der Waals surface area contributed by atoms with E-state index < -0.39 is 20.0 Å². The van der Waals surface area contributed by atoms with Gasteiger partial charge in [0.1, 0.15) is 13.2 Å². The number of amides is 1. The van der Waals surface area contributed by atoms with Crippen LogP contribution in [0.15, 0.2) is 36.5 Å². The second-order valence-electron chi connectivity index (χ2n) is 13.9. The first-order valence-corrected chi connectivity index (χ1v) is 20.4. The SMILES string of the molecule is CCCCC/C=C\C/C=C\CCCCCCCCCC(=O)NC(COP(=O)(O)OCC[N+](C)(C)C)C(O)/C=C/CCCCCCCC. The maximum absolute atomic E-state index is 12.7. The number of aliphatic hydroxyl groups excluding tert-OH is 1. The molecule has 0 spiro atoms. The van der Waals surface area contributed by atoms with Crippen LogP contribution in [-0.2, 0) is 18.4 Å². The lowest BCUT2D eigenvalue weighted by Gasteiger charge is -2.25. The molecule has 0 aromatic carbocycles. The van der Waals surface area contributed by atoms with Gasteiger partial charge < -0.3 is 19.8 Å². The molecule has 0 aliphatic carbocycles.